The van der Waals surface area contributed by atoms with E-state index in [0.29, 0.717) is 11.1 Å². The molecule has 3 aromatic rings. The molecule has 1 saturated heterocycles. The third-order valence-electron chi connectivity index (χ3n) is 7.75. The molecule has 6 nitrogen and oxygen atoms in total. The average molecular weight is 534 g/mol. The number of likely N-dealkylation sites (tertiary alicyclic amines) is 1. The van der Waals surface area contributed by atoms with E-state index >= 15 is 0 Å². The maximum absolute atomic E-state index is 14.9. The molecular formula is C31H29F2NO5. The van der Waals surface area contributed by atoms with Crippen molar-refractivity contribution in [1.29, 1.82) is 0 Å². The standard InChI is InChI=1S/C31H29F2NO5/c1-3-38-29(36)31(30(37)39-4-2)25-16-22(33)14-15-23(25)26(20-10-12-21(32)13-11-20)24-18-34(28(35)27(24)31)17-19-8-6-5-7-9-19/h5-16,24,26-27H,3-4,17-18H2,1-2H3/t24-,26-,27+/m0/s1. The lowest BCUT2D eigenvalue weighted by atomic mass is 9.55. The molecule has 1 aliphatic carbocycles. The van der Waals surface area contributed by atoms with Crippen LogP contribution < -0.4 is 0 Å². The smallest absolute Gasteiger partial charge is 0.328 e. The second-order valence-corrected chi connectivity index (χ2v) is 9.86. The Labute approximate surface area is 225 Å². The second kappa shape index (κ2) is 10.6. The van der Waals surface area contributed by atoms with E-state index in [2.05, 4.69) is 0 Å². The van der Waals surface area contributed by atoms with E-state index in [1.54, 1.807) is 30.9 Å². The zero-order valence-corrected chi connectivity index (χ0v) is 21.7. The maximum Gasteiger partial charge on any atom is 0.328 e. The molecule has 5 rings (SSSR count). The zero-order chi connectivity index (χ0) is 27.7. The monoisotopic (exact) mass is 533 g/mol. The molecular weight excluding hydrogens is 504 g/mol. The van der Waals surface area contributed by atoms with E-state index in [1.165, 1.54) is 24.3 Å². The molecule has 1 heterocycles. The largest absolute Gasteiger partial charge is 0.465 e. The van der Waals surface area contributed by atoms with E-state index in [9.17, 15) is 23.2 Å². The molecule has 0 radical (unpaired) electrons. The van der Waals surface area contributed by atoms with Gasteiger partial charge in [0.1, 0.15) is 11.6 Å². The minimum Gasteiger partial charge on any atom is -0.465 e. The van der Waals surface area contributed by atoms with E-state index in [1.807, 2.05) is 30.3 Å². The van der Waals surface area contributed by atoms with Crippen LogP contribution in [0.25, 0.3) is 0 Å². The highest BCUT2D eigenvalue weighted by atomic mass is 19.1. The number of carbonyl (C=O) groups excluding carboxylic acids is 3. The number of hydrogen-bond acceptors (Lipinski definition) is 5. The Kier molecular flexibility index (Phi) is 7.21. The van der Waals surface area contributed by atoms with Crippen molar-refractivity contribution in [3.63, 3.8) is 0 Å². The summed E-state index contributed by atoms with van der Waals surface area (Å²) in [4.78, 5) is 43.7. The summed E-state index contributed by atoms with van der Waals surface area (Å²) in [5, 5.41) is 0. The number of esters is 2. The molecule has 2 aliphatic rings. The number of halogens is 2. The molecule has 0 N–H and O–H groups in total. The first-order valence-electron chi connectivity index (χ1n) is 13.0. The van der Waals surface area contributed by atoms with Crippen molar-refractivity contribution < 1.29 is 32.6 Å². The van der Waals surface area contributed by atoms with Crippen LogP contribution in [0.4, 0.5) is 8.78 Å². The molecule has 3 atom stereocenters. The van der Waals surface area contributed by atoms with Gasteiger partial charge >= 0.3 is 11.9 Å². The molecule has 0 aromatic heterocycles. The first-order chi connectivity index (χ1) is 18.8. The van der Waals surface area contributed by atoms with Crippen LogP contribution >= 0.6 is 0 Å². The van der Waals surface area contributed by atoms with E-state index < -0.39 is 52.6 Å². The van der Waals surface area contributed by atoms with E-state index in [0.717, 1.165) is 11.6 Å². The van der Waals surface area contributed by atoms with Crippen LogP contribution in [0.15, 0.2) is 72.8 Å². The highest BCUT2D eigenvalue weighted by molar-refractivity contribution is 6.12. The Morgan fingerprint density at radius 3 is 2.13 bits per heavy atom. The van der Waals surface area contributed by atoms with E-state index in [-0.39, 0.29) is 31.9 Å². The number of amides is 1. The fraction of sp³-hybridized carbons (Fsp3) is 0.323. The lowest BCUT2D eigenvalue weighted by Gasteiger charge is -2.44. The van der Waals surface area contributed by atoms with Crippen LogP contribution in [0.1, 0.15) is 42.0 Å². The van der Waals surface area contributed by atoms with Crippen molar-refractivity contribution in [1.82, 2.24) is 4.90 Å². The Morgan fingerprint density at radius 1 is 0.897 bits per heavy atom. The Morgan fingerprint density at radius 2 is 1.51 bits per heavy atom. The minimum atomic E-state index is -2.20. The van der Waals surface area contributed by atoms with Gasteiger partial charge in [-0.3, -0.25) is 14.4 Å². The number of ether oxygens (including phenoxy) is 2. The first-order valence-corrected chi connectivity index (χ1v) is 13.0. The molecule has 0 unspecified atom stereocenters. The van der Waals surface area contributed by atoms with Crippen molar-refractivity contribution in [3.8, 4) is 0 Å². The number of nitrogens with zero attached hydrogens (tertiary/aromatic N) is 1. The maximum atomic E-state index is 14.9. The summed E-state index contributed by atoms with van der Waals surface area (Å²) < 4.78 is 39.6. The molecule has 0 saturated carbocycles. The Balaban J connectivity index is 1.77. The van der Waals surface area contributed by atoms with Gasteiger partial charge in [-0.2, -0.15) is 0 Å². The highest BCUT2D eigenvalue weighted by Gasteiger charge is 2.68. The van der Waals surface area contributed by atoms with Gasteiger partial charge in [0.25, 0.3) is 0 Å². The summed E-state index contributed by atoms with van der Waals surface area (Å²) in [6.07, 6.45) is 0. The summed E-state index contributed by atoms with van der Waals surface area (Å²) in [6.45, 7) is 3.58. The van der Waals surface area contributed by atoms with Gasteiger partial charge in [0.2, 0.25) is 11.3 Å². The summed E-state index contributed by atoms with van der Waals surface area (Å²) in [6, 6.07) is 19.2. The van der Waals surface area contributed by atoms with Crippen LogP contribution in [0, 0.1) is 23.5 Å². The van der Waals surface area contributed by atoms with Crippen LogP contribution in [-0.4, -0.2) is 42.5 Å². The average Bonchev–Trinajstić information content (AvgIpc) is 3.24. The lowest BCUT2D eigenvalue weighted by Crippen LogP contribution is -2.59. The third-order valence-corrected chi connectivity index (χ3v) is 7.75. The zero-order valence-electron chi connectivity index (χ0n) is 21.7. The molecule has 3 aromatic carbocycles. The van der Waals surface area contributed by atoms with E-state index in [4.69, 9.17) is 9.47 Å². The lowest BCUT2D eigenvalue weighted by molar-refractivity contribution is -0.172. The Bertz CT molecular complexity index is 1370. The predicted octanol–water partition coefficient (Wildman–Crippen LogP) is 4.75. The predicted molar refractivity (Wildman–Crippen MR) is 138 cm³/mol. The van der Waals surface area contributed by atoms with Crippen molar-refractivity contribution >= 4 is 17.8 Å². The van der Waals surface area contributed by atoms with Crippen LogP contribution in [0.2, 0.25) is 0 Å². The van der Waals surface area contributed by atoms with Gasteiger partial charge in [0.15, 0.2) is 0 Å². The van der Waals surface area contributed by atoms with Gasteiger partial charge < -0.3 is 14.4 Å². The SMILES string of the molecule is CCOC(=O)C1(C(=O)OCC)c2cc(F)ccc2[C@H](c2ccc(F)cc2)[C@@H]2CN(Cc3ccccc3)C(=O)[C@@H]21. The third kappa shape index (κ3) is 4.37. The minimum absolute atomic E-state index is 0.0462. The van der Waals surface area contributed by atoms with Crippen LogP contribution in [-0.2, 0) is 35.8 Å². The summed E-state index contributed by atoms with van der Waals surface area (Å²) in [7, 11) is 0. The number of fused-ring (bicyclic) bond motifs is 2. The normalized spacial score (nSPS) is 21.2. The van der Waals surface area contributed by atoms with Crippen molar-refractivity contribution in [3.05, 3.63) is 107 Å². The van der Waals surface area contributed by atoms with Crippen molar-refractivity contribution in [2.24, 2.45) is 11.8 Å². The molecule has 1 fully saturated rings. The molecule has 39 heavy (non-hydrogen) atoms. The van der Waals surface area contributed by atoms with Gasteiger partial charge in [-0.15, -0.1) is 0 Å². The molecule has 202 valence electrons. The Hall–Kier alpha value is -4.07. The number of benzene rings is 3. The number of hydrogen-bond donors (Lipinski definition) is 0. The fourth-order valence-electron chi connectivity index (χ4n) is 6.26. The van der Waals surface area contributed by atoms with Gasteiger partial charge in [0, 0.05) is 24.9 Å². The van der Waals surface area contributed by atoms with Crippen LogP contribution in [0.3, 0.4) is 0 Å². The highest BCUT2D eigenvalue weighted by Crippen LogP contribution is 2.57. The first kappa shape index (κ1) is 26.5. The van der Waals surface area contributed by atoms with Crippen molar-refractivity contribution in [2.75, 3.05) is 19.8 Å². The molecule has 1 aliphatic heterocycles. The quantitative estimate of drug-likeness (QED) is 0.324. The summed E-state index contributed by atoms with van der Waals surface area (Å²) >= 11 is 0. The second-order valence-electron chi connectivity index (χ2n) is 9.86. The van der Waals surface area contributed by atoms with Crippen molar-refractivity contribution in [2.45, 2.75) is 31.7 Å². The molecule has 8 heteroatoms. The summed E-state index contributed by atoms with van der Waals surface area (Å²) in [5.74, 6) is -5.74. The van der Waals surface area contributed by atoms with Gasteiger partial charge in [-0.1, -0.05) is 48.5 Å². The van der Waals surface area contributed by atoms with Gasteiger partial charge in [-0.25, -0.2) is 8.78 Å². The van der Waals surface area contributed by atoms with Gasteiger partial charge in [0.05, 0.1) is 19.1 Å². The van der Waals surface area contributed by atoms with Gasteiger partial charge in [-0.05, 0) is 60.4 Å². The number of carbonyl (C=O) groups is 3. The molecule has 0 spiro atoms. The molecule has 0 bridgehead atoms. The topological polar surface area (TPSA) is 72.9 Å². The number of rotatable bonds is 7. The summed E-state index contributed by atoms with van der Waals surface area (Å²) in [5.41, 5.74) is -0.0866. The molecule has 1 amide bonds. The van der Waals surface area contributed by atoms with Crippen LogP contribution in [0.5, 0.6) is 0 Å². The fourth-order valence-corrected chi connectivity index (χ4v) is 6.26.